The monoisotopic (exact) mass is 341 g/mol. The van der Waals surface area contributed by atoms with E-state index in [0.29, 0.717) is 16.6 Å². The van der Waals surface area contributed by atoms with Crippen LogP contribution in [0.15, 0.2) is 36.8 Å². The first-order chi connectivity index (χ1) is 11.7. The normalized spacial score (nSPS) is 15.9. The van der Waals surface area contributed by atoms with Crippen molar-refractivity contribution in [1.82, 2.24) is 14.9 Å². The SMILES string of the molecule is CN(c1ncc(C#N)cc1Cl)C1CCN(Cc2ccncc2)CC1. The smallest absolute Gasteiger partial charge is 0.147 e. The van der Waals surface area contributed by atoms with E-state index in [9.17, 15) is 0 Å². The lowest BCUT2D eigenvalue weighted by molar-refractivity contribution is 0.203. The zero-order valence-electron chi connectivity index (χ0n) is 13.7. The van der Waals surface area contributed by atoms with Crippen molar-refractivity contribution in [3.8, 4) is 6.07 Å². The summed E-state index contributed by atoms with van der Waals surface area (Å²) in [7, 11) is 2.03. The minimum Gasteiger partial charge on any atom is -0.355 e. The number of hydrogen-bond acceptors (Lipinski definition) is 5. The predicted octanol–water partition coefficient (Wildman–Crippen LogP) is 3.10. The fourth-order valence-corrected chi connectivity index (χ4v) is 3.44. The molecule has 5 nitrogen and oxygen atoms in total. The molecule has 0 aliphatic carbocycles. The van der Waals surface area contributed by atoms with Gasteiger partial charge in [-0.15, -0.1) is 0 Å². The van der Waals surface area contributed by atoms with Gasteiger partial charge in [0.1, 0.15) is 11.9 Å². The minimum absolute atomic E-state index is 0.414. The molecule has 0 atom stereocenters. The van der Waals surface area contributed by atoms with Crippen LogP contribution in [0.1, 0.15) is 24.0 Å². The summed E-state index contributed by atoms with van der Waals surface area (Å²) in [6.45, 7) is 3.06. The number of aromatic nitrogens is 2. The lowest BCUT2D eigenvalue weighted by Gasteiger charge is -2.37. The molecule has 2 aromatic heterocycles. The zero-order chi connectivity index (χ0) is 16.9. The molecule has 0 N–H and O–H groups in total. The van der Waals surface area contributed by atoms with Gasteiger partial charge in [-0.1, -0.05) is 11.6 Å². The van der Waals surface area contributed by atoms with E-state index >= 15 is 0 Å². The van der Waals surface area contributed by atoms with Gasteiger partial charge in [-0.2, -0.15) is 5.26 Å². The Kier molecular flexibility index (Phi) is 5.29. The van der Waals surface area contributed by atoms with E-state index in [2.05, 4.69) is 38.0 Å². The Hall–Kier alpha value is -2.16. The van der Waals surface area contributed by atoms with E-state index in [1.165, 1.54) is 5.56 Å². The second kappa shape index (κ2) is 7.61. The van der Waals surface area contributed by atoms with Crippen molar-refractivity contribution in [2.45, 2.75) is 25.4 Å². The molecule has 0 spiro atoms. The highest BCUT2D eigenvalue weighted by atomic mass is 35.5. The van der Waals surface area contributed by atoms with E-state index in [1.807, 2.05) is 19.4 Å². The van der Waals surface area contributed by atoms with Crippen molar-refractivity contribution < 1.29 is 0 Å². The van der Waals surface area contributed by atoms with Gasteiger partial charge in [-0.3, -0.25) is 9.88 Å². The van der Waals surface area contributed by atoms with Crippen molar-refractivity contribution in [2.75, 3.05) is 25.0 Å². The number of nitrogens with zero attached hydrogens (tertiary/aromatic N) is 5. The van der Waals surface area contributed by atoms with Crippen LogP contribution in [0.3, 0.4) is 0 Å². The third-order valence-electron chi connectivity index (χ3n) is 4.55. The number of pyridine rings is 2. The Bertz CT molecular complexity index is 720. The maximum atomic E-state index is 8.92. The summed E-state index contributed by atoms with van der Waals surface area (Å²) in [5, 5.41) is 9.46. The summed E-state index contributed by atoms with van der Waals surface area (Å²) < 4.78 is 0. The minimum atomic E-state index is 0.414. The van der Waals surface area contributed by atoms with Gasteiger partial charge in [0.2, 0.25) is 0 Å². The van der Waals surface area contributed by atoms with Crippen LogP contribution >= 0.6 is 11.6 Å². The number of piperidine rings is 1. The molecule has 24 heavy (non-hydrogen) atoms. The number of rotatable bonds is 4. The van der Waals surface area contributed by atoms with Gasteiger partial charge in [-0.05, 0) is 36.6 Å². The lowest BCUT2D eigenvalue weighted by atomic mass is 10.0. The molecule has 0 bridgehead atoms. The molecule has 1 aliphatic heterocycles. The van der Waals surface area contributed by atoms with E-state index in [0.717, 1.165) is 38.3 Å². The Labute approximate surface area is 147 Å². The van der Waals surface area contributed by atoms with Gasteiger partial charge in [0, 0.05) is 51.3 Å². The maximum Gasteiger partial charge on any atom is 0.147 e. The molecule has 1 saturated heterocycles. The fraction of sp³-hybridized carbons (Fsp3) is 0.389. The number of nitriles is 1. The zero-order valence-corrected chi connectivity index (χ0v) is 14.4. The van der Waals surface area contributed by atoms with Crippen LogP contribution in [0, 0.1) is 11.3 Å². The molecule has 6 heteroatoms. The first-order valence-electron chi connectivity index (χ1n) is 8.07. The predicted molar refractivity (Wildman–Crippen MR) is 94.9 cm³/mol. The van der Waals surface area contributed by atoms with Gasteiger partial charge in [-0.25, -0.2) is 4.98 Å². The van der Waals surface area contributed by atoms with Crippen LogP contribution in [0.2, 0.25) is 5.02 Å². The van der Waals surface area contributed by atoms with Crippen molar-refractivity contribution in [1.29, 1.82) is 5.26 Å². The van der Waals surface area contributed by atoms with E-state index < -0.39 is 0 Å². The van der Waals surface area contributed by atoms with E-state index in [1.54, 1.807) is 12.3 Å². The van der Waals surface area contributed by atoms with Crippen LogP contribution in [0.5, 0.6) is 0 Å². The largest absolute Gasteiger partial charge is 0.355 e. The van der Waals surface area contributed by atoms with Gasteiger partial charge in [0.15, 0.2) is 0 Å². The number of hydrogen-bond donors (Lipinski definition) is 0. The Morgan fingerprint density at radius 1 is 1.33 bits per heavy atom. The van der Waals surface area contributed by atoms with Crippen LogP contribution < -0.4 is 4.90 Å². The van der Waals surface area contributed by atoms with Gasteiger partial charge >= 0.3 is 0 Å². The summed E-state index contributed by atoms with van der Waals surface area (Å²) in [5.41, 5.74) is 1.79. The highest BCUT2D eigenvalue weighted by Crippen LogP contribution is 2.27. The molecule has 3 rings (SSSR count). The average molecular weight is 342 g/mol. The topological polar surface area (TPSA) is 56.1 Å². The van der Waals surface area contributed by atoms with E-state index in [4.69, 9.17) is 16.9 Å². The summed E-state index contributed by atoms with van der Waals surface area (Å²) >= 11 is 6.29. The summed E-state index contributed by atoms with van der Waals surface area (Å²) in [6, 6.07) is 8.30. The number of anilines is 1. The third-order valence-corrected chi connectivity index (χ3v) is 4.82. The van der Waals surface area contributed by atoms with Gasteiger partial charge in [0.25, 0.3) is 0 Å². The summed E-state index contributed by atoms with van der Waals surface area (Å²) in [6.07, 6.45) is 7.40. The number of halogens is 1. The van der Waals surface area contributed by atoms with Gasteiger partial charge in [0.05, 0.1) is 10.6 Å². The molecule has 0 amide bonds. The van der Waals surface area contributed by atoms with Crippen molar-refractivity contribution in [2.24, 2.45) is 0 Å². The standard InChI is InChI=1S/C18H20ClN5/c1-23(18-17(19)10-15(11-20)12-22-18)16-4-8-24(9-5-16)13-14-2-6-21-7-3-14/h2-3,6-7,10,12,16H,4-5,8-9,13H2,1H3. The van der Waals surface area contributed by atoms with E-state index in [-0.39, 0.29) is 0 Å². The van der Waals surface area contributed by atoms with Gasteiger partial charge < -0.3 is 4.90 Å². The van der Waals surface area contributed by atoms with Crippen molar-refractivity contribution in [3.63, 3.8) is 0 Å². The molecule has 1 aliphatic rings. The maximum absolute atomic E-state index is 8.92. The third kappa shape index (κ3) is 3.84. The lowest BCUT2D eigenvalue weighted by Crippen LogP contribution is -2.43. The van der Waals surface area contributed by atoms with Crippen LogP contribution in [-0.4, -0.2) is 41.0 Å². The molecular weight excluding hydrogens is 322 g/mol. The molecule has 2 aromatic rings. The van der Waals surface area contributed by atoms with Crippen LogP contribution in [-0.2, 0) is 6.54 Å². The number of likely N-dealkylation sites (tertiary alicyclic amines) is 1. The molecule has 0 radical (unpaired) electrons. The molecule has 0 unspecified atom stereocenters. The Balaban J connectivity index is 1.59. The highest BCUT2D eigenvalue weighted by molar-refractivity contribution is 6.33. The van der Waals surface area contributed by atoms with Crippen LogP contribution in [0.4, 0.5) is 5.82 Å². The molecule has 1 fully saturated rings. The summed E-state index contributed by atoms with van der Waals surface area (Å²) in [4.78, 5) is 13.0. The quantitative estimate of drug-likeness (QED) is 0.855. The highest BCUT2D eigenvalue weighted by Gasteiger charge is 2.24. The fourth-order valence-electron chi connectivity index (χ4n) is 3.14. The second-order valence-electron chi connectivity index (χ2n) is 6.11. The van der Waals surface area contributed by atoms with Crippen LogP contribution in [0.25, 0.3) is 0 Å². The molecular formula is C18H20ClN5. The molecule has 0 aromatic carbocycles. The first kappa shape index (κ1) is 16.7. The average Bonchev–Trinajstić information content (AvgIpc) is 2.62. The van der Waals surface area contributed by atoms with Crippen molar-refractivity contribution in [3.05, 3.63) is 52.9 Å². The second-order valence-corrected chi connectivity index (χ2v) is 6.52. The summed E-state index contributed by atoms with van der Waals surface area (Å²) in [5.74, 6) is 0.753. The molecule has 0 saturated carbocycles. The Morgan fingerprint density at radius 3 is 2.67 bits per heavy atom. The first-order valence-corrected chi connectivity index (χ1v) is 8.45. The Morgan fingerprint density at radius 2 is 2.04 bits per heavy atom. The molecule has 124 valence electrons. The molecule has 3 heterocycles. The van der Waals surface area contributed by atoms with Crippen molar-refractivity contribution >= 4 is 17.4 Å².